The zero-order valence-corrected chi connectivity index (χ0v) is 7.16. The van der Waals surface area contributed by atoms with Crippen LogP contribution < -0.4 is 0 Å². The Balaban J connectivity index is 3.09. The van der Waals surface area contributed by atoms with Gasteiger partial charge in [0.05, 0.1) is 12.7 Å². The molecule has 0 aromatic carbocycles. The van der Waals surface area contributed by atoms with Gasteiger partial charge in [0.15, 0.2) is 0 Å². The van der Waals surface area contributed by atoms with E-state index in [4.69, 9.17) is 4.74 Å². The molecular weight excluding hydrogens is 132 g/mol. The third kappa shape index (κ3) is 4.79. The molecule has 0 rings (SSSR count). The summed E-state index contributed by atoms with van der Waals surface area (Å²) >= 11 is 4.05. The van der Waals surface area contributed by atoms with Crippen LogP contribution in [0, 0.1) is 0 Å². The topological polar surface area (TPSA) is 9.23 Å². The van der Waals surface area contributed by atoms with Crippen molar-refractivity contribution in [1.29, 1.82) is 0 Å². The van der Waals surface area contributed by atoms with Gasteiger partial charge in [0.1, 0.15) is 0 Å². The SMILES string of the molecule is CCC(CC)OCCS. The van der Waals surface area contributed by atoms with E-state index in [1.807, 2.05) is 0 Å². The van der Waals surface area contributed by atoms with Crippen LogP contribution in [-0.2, 0) is 4.74 Å². The van der Waals surface area contributed by atoms with Gasteiger partial charge in [-0.2, -0.15) is 12.6 Å². The monoisotopic (exact) mass is 148 g/mol. The summed E-state index contributed by atoms with van der Waals surface area (Å²) in [6, 6.07) is 0. The predicted molar refractivity (Wildman–Crippen MR) is 44.2 cm³/mol. The largest absolute Gasteiger partial charge is 0.377 e. The van der Waals surface area contributed by atoms with E-state index >= 15 is 0 Å². The molecular formula is C7H16OS. The van der Waals surface area contributed by atoms with Gasteiger partial charge in [0, 0.05) is 5.75 Å². The van der Waals surface area contributed by atoms with Crippen LogP contribution in [0.3, 0.4) is 0 Å². The maximum absolute atomic E-state index is 5.41. The van der Waals surface area contributed by atoms with E-state index in [0.29, 0.717) is 6.10 Å². The molecule has 0 aliphatic carbocycles. The Morgan fingerprint density at radius 3 is 2.22 bits per heavy atom. The Hall–Kier alpha value is 0.310. The third-order valence-corrected chi connectivity index (χ3v) is 1.54. The van der Waals surface area contributed by atoms with Gasteiger partial charge in [-0.3, -0.25) is 0 Å². The summed E-state index contributed by atoms with van der Waals surface area (Å²) in [7, 11) is 0. The molecule has 0 radical (unpaired) electrons. The highest BCUT2D eigenvalue weighted by atomic mass is 32.1. The van der Waals surface area contributed by atoms with Gasteiger partial charge in [-0.15, -0.1) is 0 Å². The summed E-state index contributed by atoms with van der Waals surface area (Å²) in [5.41, 5.74) is 0. The molecule has 0 fully saturated rings. The zero-order valence-electron chi connectivity index (χ0n) is 6.26. The van der Waals surface area contributed by atoms with E-state index in [1.54, 1.807) is 0 Å². The predicted octanol–water partition coefficient (Wildman–Crippen LogP) is 2.12. The maximum atomic E-state index is 5.41. The van der Waals surface area contributed by atoms with Crippen LogP contribution in [-0.4, -0.2) is 18.5 Å². The van der Waals surface area contributed by atoms with Crippen LogP contribution in [0.15, 0.2) is 0 Å². The van der Waals surface area contributed by atoms with Crippen LogP contribution in [0.1, 0.15) is 26.7 Å². The standard InChI is InChI=1S/C7H16OS/c1-3-7(4-2)8-5-6-9/h7,9H,3-6H2,1-2H3. The molecule has 0 amide bonds. The summed E-state index contributed by atoms with van der Waals surface area (Å²) < 4.78 is 5.41. The molecule has 9 heavy (non-hydrogen) atoms. The highest BCUT2D eigenvalue weighted by molar-refractivity contribution is 7.80. The van der Waals surface area contributed by atoms with Crippen LogP contribution in [0.5, 0.6) is 0 Å². The van der Waals surface area contributed by atoms with E-state index in [9.17, 15) is 0 Å². The van der Waals surface area contributed by atoms with Gasteiger partial charge in [-0.25, -0.2) is 0 Å². The maximum Gasteiger partial charge on any atom is 0.0570 e. The van der Waals surface area contributed by atoms with E-state index in [1.165, 1.54) is 0 Å². The second-order valence-corrected chi connectivity index (χ2v) is 2.48. The summed E-state index contributed by atoms with van der Waals surface area (Å²) in [6.45, 7) is 5.08. The fraction of sp³-hybridized carbons (Fsp3) is 1.00. The van der Waals surface area contributed by atoms with E-state index in [0.717, 1.165) is 25.2 Å². The van der Waals surface area contributed by atoms with Gasteiger partial charge >= 0.3 is 0 Å². The minimum Gasteiger partial charge on any atom is -0.377 e. The first-order chi connectivity index (χ1) is 4.35. The highest BCUT2D eigenvalue weighted by Crippen LogP contribution is 2.01. The molecule has 0 aromatic rings. The summed E-state index contributed by atoms with van der Waals surface area (Å²) in [5.74, 6) is 0.830. The van der Waals surface area contributed by atoms with Gasteiger partial charge in [-0.05, 0) is 12.8 Å². The average molecular weight is 148 g/mol. The summed E-state index contributed by atoms with van der Waals surface area (Å²) in [4.78, 5) is 0. The van der Waals surface area contributed by atoms with Crippen molar-refractivity contribution in [3.05, 3.63) is 0 Å². The van der Waals surface area contributed by atoms with Crippen molar-refractivity contribution in [2.45, 2.75) is 32.8 Å². The second-order valence-electron chi connectivity index (χ2n) is 2.03. The summed E-state index contributed by atoms with van der Waals surface area (Å²) in [6.07, 6.45) is 2.69. The third-order valence-electron chi connectivity index (χ3n) is 1.36. The van der Waals surface area contributed by atoms with Crippen molar-refractivity contribution in [3.63, 3.8) is 0 Å². The molecule has 1 nitrogen and oxygen atoms in total. The average Bonchev–Trinajstić information content (AvgIpc) is 1.91. The van der Waals surface area contributed by atoms with E-state index in [2.05, 4.69) is 26.5 Å². The molecule has 0 spiro atoms. The lowest BCUT2D eigenvalue weighted by molar-refractivity contribution is 0.0598. The van der Waals surface area contributed by atoms with Crippen LogP contribution in [0.4, 0.5) is 0 Å². The molecule has 0 bridgehead atoms. The number of hydrogen-bond acceptors (Lipinski definition) is 2. The first kappa shape index (κ1) is 9.31. The minimum absolute atomic E-state index is 0.456. The quantitative estimate of drug-likeness (QED) is 0.588. The fourth-order valence-corrected chi connectivity index (χ4v) is 0.849. The van der Waals surface area contributed by atoms with Crippen molar-refractivity contribution in [3.8, 4) is 0 Å². The second kappa shape index (κ2) is 6.43. The van der Waals surface area contributed by atoms with Crippen molar-refractivity contribution in [2.24, 2.45) is 0 Å². The molecule has 2 heteroatoms. The lowest BCUT2D eigenvalue weighted by Gasteiger charge is -2.11. The molecule has 0 atom stereocenters. The Bertz CT molecular complexity index is 52.9. The van der Waals surface area contributed by atoms with Crippen LogP contribution >= 0.6 is 12.6 Å². The van der Waals surface area contributed by atoms with Crippen LogP contribution in [0.25, 0.3) is 0 Å². The number of ether oxygens (including phenoxy) is 1. The first-order valence-corrected chi connectivity index (χ1v) is 4.20. The smallest absolute Gasteiger partial charge is 0.0570 e. The Morgan fingerprint density at radius 1 is 1.33 bits per heavy atom. The Labute approximate surface area is 63.2 Å². The molecule has 0 N–H and O–H groups in total. The van der Waals surface area contributed by atoms with Gasteiger partial charge in [-0.1, -0.05) is 13.8 Å². The van der Waals surface area contributed by atoms with Crippen molar-refractivity contribution >= 4 is 12.6 Å². The highest BCUT2D eigenvalue weighted by Gasteiger charge is 2.00. The van der Waals surface area contributed by atoms with Gasteiger partial charge < -0.3 is 4.74 Å². The van der Waals surface area contributed by atoms with Crippen molar-refractivity contribution in [2.75, 3.05) is 12.4 Å². The summed E-state index contributed by atoms with van der Waals surface area (Å²) in [5, 5.41) is 0. The van der Waals surface area contributed by atoms with Gasteiger partial charge in [0.2, 0.25) is 0 Å². The molecule has 56 valence electrons. The molecule has 0 unspecified atom stereocenters. The molecule has 0 heterocycles. The molecule has 0 aliphatic heterocycles. The fourth-order valence-electron chi connectivity index (χ4n) is 0.744. The van der Waals surface area contributed by atoms with Gasteiger partial charge in [0.25, 0.3) is 0 Å². The molecule has 0 aliphatic rings. The molecule has 0 saturated carbocycles. The van der Waals surface area contributed by atoms with E-state index < -0.39 is 0 Å². The lowest BCUT2D eigenvalue weighted by Crippen LogP contribution is -2.11. The number of thiol groups is 1. The number of hydrogen-bond donors (Lipinski definition) is 1. The normalized spacial score (nSPS) is 10.7. The molecule has 0 aromatic heterocycles. The molecule has 0 saturated heterocycles. The Morgan fingerprint density at radius 2 is 1.89 bits per heavy atom. The Kier molecular flexibility index (Phi) is 6.65. The van der Waals surface area contributed by atoms with Crippen molar-refractivity contribution in [1.82, 2.24) is 0 Å². The minimum atomic E-state index is 0.456. The number of rotatable bonds is 5. The zero-order chi connectivity index (χ0) is 7.11. The van der Waals surface area contributed by atoms with Crippen LogP contribution in [0.2, 0.25) is 0 Å². The van der Waals surface area contributed by atoms with E-state index in [-0.39, 0.29) is 0 Å². The first-order valence-electron chi connectivity index (χ1n) is 3.57. The van der Waals surface area contributed by atoms with Crippen molar-refractivity contribution < 1.29 is 4.74 Å². The lowest BCUT2D eigenvalue weighted by atomic mass is 10.2.